The number of hydrogen-bond acceptors (Lipinski definition) is 5. The molecule has 3 aromatic rings. The molecule has 0 saturated carbocycles. The number of hydrogen-bond donors (Lipinski definition) is 0. The molecule has 0 saturated heterocycles. The van der Waals surface area contributed by atoms with E-state index in [9.17, 15) is 4.79 Å². The van der Waals surface area contributed by atoms with E-state index in [-0.39, 0.29) is 5.69 Å². The van der Waals surface area contributed by atoms with Crippen LogP contribution < -0.4 is 10.4 Å². The van der Waals surface area contributed by atoms with Crippen LogP contribution in [0.3, 0.4) is 0 Å². The Balaban J connectivity index is 1.97. The molecule has 0 unspecified atom stereocenters. The van der Waals surface area contributed by atoms with Gasteiger partial charge in [-0.2, -0.15) is 9.36 Å². The standard InChI is InChI=1S/C14H12IN5O2/c1-19-14(21)20(18-17-19)13-4-2-3-12(15)11(13)9-22-10-5-7-16-8-6-10/h2-8H,9H2,1H3. The molecule has 22 heavy (non-hydrogen) atoms. The first-order valence-electron chi connectivity index (χ1n) is 6.46. The lowest BCUT2D eigenvalue weighted by Crippen LogP contribution is -2.23. The summed E-state index contributed by atoms with van der Waals surface area (Å²) in [5.74, 6) is 0.715. The van der Waals surface area contributed by atoms with Crippen molar-refractivity contribution < 1.29 is 4.74 Å². The summed E-state index contributed by atoms with van der Waals surface area (Å²) in [6.07, 6.45) is 3.33. The molecule has 0 spiro atoms. The van der Waals surface area contributed by atoms with Crippen molar-refractivity contribution in [1.82, 2.24) is 24.8 Å². The topological polar surface area (TPSA) is 74.8 Å². The first-order chi connectivity index (χ1) is 10.7. The van der Waals surface area contributed by atoms with Crippen LogP contribution in [0.5, 0.6) is 5.75 Å². The van der Waals surface area contributed by atoms with Crippen LogP contribution in [0.15, 0.2) is 47.5 Å². The van der Waals surface area contributed by atoms with Gasteiger partial charge in [-0.05, 0) is 57.3 Å². The van der Waals surface area contributed by atoms with E-state index in [2.05, 4.69) is 38.0 Å². The highest BCUT2D eigenvalue weighted by Gasteiger charge is 2.14. The van der Waals surface area contributed by atoms with Crippen molar-refractivity contribution in [2.24, 2.45) is 7.05 Å². The Morgan fingerprint density at radius 1 is 1.18 bits per heavy atom. The second kappa shape index (κ2) is 6.26. The van der Waals surface area contributed by atoms with Crippen molar-refractivity contribution >= 4 is 22.6 Å². The van der Waals surface area contributed by atoms with Gasteiger partial charge in [0.2, 0.25) is 0 Å². The molecule has 2 aromatic heterocycles. The summed E-state index contributed by atoms with van der Waals surface area (Å²) in [4.78, 5) is 16.0. The molecule has 8 heteroatoms. The second-order valence-corrected chi connectivity index (χ2v) is 5.67. The summed E-state index contributed by atoms with van der Waals surface area (Å²) in [5, 5.41) is 7.64. The van der Waals surface area contributed by atoms with Gasteiger partial charge in [0.15, 0.2) is 0 Å². The van der Waals surface area contributed by atoms with Crippen molar-refractivity contribution in [3.63, 3.8) is 0 Å². The Kier molecular flexibility index (Phi) is 4.18. The molecule has 0 atom stereocenters. The number of nitrogens with zero attached hydrogens (tertiary/aromatic N) is 5. The van der Waals surface area contributed by atoms with Crippen LogP contribution in [0, 0.1) is 3.57 Å². The molecule has 0 N–H and O–H groups in total. The van der Waals surface area contributed by atoms with E-state index in [1.165, 1.54) is 9.36 Å². The molecule has 7 nitrogen and oxygen atoms in total. The quantitative estimate of drug-likeness (QED) is 0.612. The Hall–Kier alpha value is -2.23. The number of ether oxygens (including phenoxy) is 1. The smallest absolute Gasteiger partial charge is 0.368 e. The molecule has 0 aliphatic rings. The molecule has 2 heterocycles. The van der Waals surface area contributed by atoms with Crippen LogP contribution in [0.2, 0.25) is 0 Å². The SMILES string of the molecule is Cn1nnn(-c2cccc(I)c2COc2ccncc2)c1=O. The van der Waals surface area contributed by atoms with Gasteiger partial charge in [-0.25, -0.2) is 4.79 Å². The van der Waals surface area contributed by atoms with Crippen molar-refractivity contribution in [2.75, 3.05) is 0 Å². The normalized spacial score (nSPS) is 10.6. The maximum Gasteiger partial charge on any atom is 0.368 e. The zero-order chi connectivity index (χ0) is 15.5. The molecule has 0 aliphatic carbocycles. The van der Waals surface area contributed by atoms with E-state index >= 15 is 0 Å². The number of aromatic nitrogens is 5. The van der Waals surface area contributed by atoms with E-state index in [4.69, 9.17) is 4.74 Å². The van der Waals surface area contributed by atoms with E-state index in [1.54, 1.807) is 31.6 Å². The van der Waals surface area contributed by atoms with Crippen LogP contribution >= 0.6 is 22.6 Å². The summed E-state index contributed by atoms with van der Waals surface area (Å²) in [7, 11) is 1.56. The molecule has 0 radical (unpaired) electrons. The molecular formula is C14H12IN5O2. The van der Waals surface area contributed by atoms with Crippen molar-refractivity contribution in [1.29, 1.82) is 0 Å². The highest BCUT2D eigenvalue weighted by Crippen LogP contribution is 2.21. The van der Waals surface area contributed by atoms with Gasteiger partial charge >= 0.3 is 5.69 Å². The Labute approximate surface area is 139 Å². The largest absolute Gasteiger partial charge is 0.489 e. The minimum atomic E-state index is -0.299. The van der Waals surface area contributed by atoms with Gasteiger partial charge in [-0.1, -0.05) is 6.07 Å². The predicted octanol–water partition coefficient (Wildman–Crippen LogP) is 1.54. The van der Waals surface area contributed by atoms with Gasteiger partial charge in [0.1, 0.15) is 12.4 Å². The predicted molar refractivity (Wildman–Crippen MR) is 87.9 cm³/mol. The second-order valence-electron chi connectivity index (χ2n) is 4.51. The summed E-state index contributed by atoms with van der Waals surface area (Å²) < 4.78 is 9.21. The number of rotatable bonds is 4. The first-order valence-corrected chi connectivity index (χ1v) is 7.54. The van der Waals surface area contributed by atoms with Crippen molar-refractivity contribution in [2.45, 2.75) is 6.61 Å². The highest BCUT2D eigenvalue weighted by molar-refractivity contribution is 14.1. The van der Waals surface area contributed by atoms with Gasteiger partial charge in [0.25, 0.3) is 0 Å². The molecule has 0 amide bonds. The maximum atomic E-state index is 12.1. The zero-order valence-electron chi connectivity index (χ0n) is 11.7. The fourth-order valence-electron chi connectivity index (χ4n) is 1.94. The average Bonchev–Trinajstić information content (AvgIpc) is 2.86. The number of halogens is 1. The fraction of sp³-hybridized carbons (Fsp3) is 0.143. The van der Waals surface area contributed by atoms with E-state index in [1.807, 2.05) is 18.2 Å². The number of aryl methyl sites for hydroxylation is 1. The highest BCUT2D eigenvalue weighted by atomic mass is 127. The maximum absolute atomic E-state index is 12.1. The summed E-state index contributed by atoms with van der Waals surface area (Å²) in [5.41, 5.74) is 1.24. The fourth-order valence-corrected chi connectivity index (χ4v) is 2.58. The molecule has 3 rings (SSSR count). The van der Waals surface area contributed by atoms with Crippen LogP contribution in [0.4, 0.5) is 0 Å². The van der Waals surface area contributed by atoms with Gasteiger partial charge in [0, 0.05) is 28.6 Å². The zero-order valence-corrected chi connectivity index (χ0v) is 13.8. The first kappa shape index (κ1) is 14.7. The van der Waals surface area contributed by atoms with Crippen molar-refractivity contribution in [3.8, 4) is 11.4 Å². The third-order valence-electron chi connectivity index (χ3n) is 3.08. The van der Waals surface area contributed by atoms with Crippen LogP contribution in [0.25, 0.3) is 5.69 Å². The average molecular weight is 409 g/mol. The molecule has 0 bridgehead atoms. The van der Waals surface area contributed by atoms with Gasteiger partial charge in [-0.15, -0.1) is 0 Å². The Morgan fingerprint density at radius 2 is 1.95 bits per heavy atom. The van der Waals surface area contributed by atoms with Crippen LogP contribution in [-0.2, 0) is 13.7 Å². The molecule has 0 fully saturated rings. The van der Waals surface area contributed by atoms with Gasteiger partial charge < -0.3 is 4.74 Å². The lowest BCUT2D eigenvalue weighted by molar-refractivity contribution is 0.304. The van der Waals surface area contributed by atoms with Gasteiger partial charge in [0.05, 0.1) is 5.69 Å². The number of tetrazole rings is 1. The Morgan fingerprint density at radius 3 is 2.64 bits per heavy atom. The minimum Gasteiger partial charge on any atom is -0.489 e. The monoisotopic (exact) mass is 409 g/mol. The van der Waals surface area contributed by atoms with E-state index < -0.39 is 0 Å². The Bertz CT molecular complexity index is 844. The van der Waals surface area contributed by atoms with Crippen LogP contribution in [-0.4, -0.2) is 24.8 Å². The molecule has 1 aromatic carbocycles. The van der Waals surface area contributed by atoms with E-state index in [0.717, 1.165) is 9.13 Å². The third kappa shape index (κ3) is 2.86. The molecule has 112 valence electrons. The number of pyridine rings is 1. The van der Waals surface area contributed by atoms with Crippen molar-refractivity contribution in [3.05, 3.63) is 62.3 Å². The van der Waals surface area contributed by atoms with Crippen LogP contribution in [0.1, 0.15) is 5.56 Å². The number of benzene rings is 1. The summed E-state index contributed by atoms with van der Waals surface area (Å²) in [6, 6.07) is 9.21. The van der Waals surface area contributed by atoms with E-state index in [0.29, 0.717) is 18.0 Å². The lowest BCUT2D eigenvalue weighted by Gasteiger charge is -2.11. The molecular weight excluding hydrogens is 397 g/mol. The third-order valence-corrected chi connectivity index (χ3v) is 4.09. The summed E-state index contributed by atoms with van der Waals surface area (Å²) >= 11 is 2.21. The van der Waals surface area contributed by atoms with Gasteiger partial charge in [-0.3, -0.25) is 4.98 Å². The lowest BCUT2D eigenvalue weighted by atomic mass is 10.2. The molecule has 0 aliphatic heterocycles. The summed E-state index contributed by atoms with van der Waals surface area (Å²) in [6.45, 7) is 0.321. The minimum absolute atomic E-state index is 0.299.